The molecule has 1 heterocycles. The van der Waals surface area contributed by atoms with Crippen molar-refractivity contribution in [3.63, 3.8) is 0 Å². The van der Waals surface area contributed by atoms with Gasteiger partial charge >= 0.3 is 6.18 Å². The van der Waals surface area contributed by atoms with Crippen LogP contribution in [0.2, 0.25) is 0 Å². The third kappa shape index (κ3) is 3.14. The zero-order valence-electron chi connectivity index (χ0n) is 10.2. The first-order valence-electron chi connectivity index (χ1n) is 5.83. The summed E-state index contributed by atoms with van der Waals surface area (Å²) in [5.74, 6) is -1.44. The lowest BCUT2D eigenvalue weighted by atomic mass is 10.0. The van der Waals surface area contributed by atoms with Gasteiger partial charge in [0.25, 0.3) is 0 Å². The number of aliphatic hydroxyl groups is 1. The minimum absolute atomic E-state index is 0.0565. The highest BCUT2D eigenvalue weighted by molar-refractivity contribution is 5.30. The van der Waals surface area contributed by atoms with Crippen LogP contribution in [0.5, 0.6) is 0 Å². The molecule has 1 aromatic heterocycles. The van der Waals surface area contributed by atoms with Crippen molar-refractivity contribution in [3.8, 4) is 0 Å². The third-order valence-corrected chi connectivity index (χ3v) is 2.82. The van der Waals surface area contributed by atoms with Crippen LogP contribution in [0, 0.1) is 5.82 Å². The Bertz CT molecular complexity index is 583. The molecule has 0 amide bonds. The molecule has 0 aliphatic heterocycles. The Morgan fingerprint density at radius 2 is 1.85 bits per heavy atom. The number of pyridine rings is 1. The van der Waals surface area contributed by atoms with E-state index in [0.717, 1.165) is 12.1 Å². The SMILES string of the molecule is OC(Cc1ccccn1)c1cccc(C(F)(F)F)c1F. The fourth-order valence-electron chi connectivity index (χ4n) is 1.85. The molecule has 0 aliphatic carbocycles. The number of nitrogens with zero attached hydrogens (tertiary/aromatic N) is 1. The van der Waals surface area contributed by atoms with Gasteiger partial charge in [0.15, 0.2) is 0 Å². The molecule has 0 fully saturated rings. The van der Waals surface area contributed by atoms with Gasteiger partial charge in [-0.3, -0.25) is 4.98 Å². The van der Waals surface area contributed by atoms with Gasteiger partial charge in [-0.15, -0.1) is 0 Å². The number of halogens is 4. The molecule has 1 atom stereocenters. The first-order chi connectivity index (χ1) is 9.39. The molecule has 0 radical (unpaired) electrons. The number of rotatable bonds is 3. The highest BCUT2D eigenvalue weighted by Crippen LogP contribution is 2.34. The summed E-state index contributed by atoms with van der Waals surface area (Å²) in [6.07, 6.45) is -4.73. The molecule has 106 valence electrons. The minimum Gasteiger partial charge on any atom is -0.388 e. The second-order valence-corrected chi connectivity index (χ2v) is 4.25. The molecule has 1 unspecified atom stereocenters. The van der Waals surface area contributed by atoms with Crippen LogP contribution in [0.25, 0.3) is 0 Å². The van der Waals surface area contributed by atoms with Crippen molar-refractivity contribution in [3.05, 3.63) is 65.2 Å². The largest absolute Gasteiger partial charge is 0.419 e. The van der Waals surface area contributed by atoms with Crippen LogP contribution < -0.4 is 0 Å². The number of hydrogen-bond donors (Lipinski definition) is 1. The third-order valence-electron chi connectivity index (χ3n) is 2.82. The molecule has 1 N–H and O–H groups in total. The van der Waals surface area contributed by atoms with Crippen LogP contribution in [-0.2, 0) is 12.6 Å². The summed E-state index contributed by atoms with van der Waals surface area (Å²) < 4.78 is 51.6. The standard InChI is InChI=1S/C14H11F4NO/c15-13-10(5-3-6-11(13)14(16,17)18)12(20)8-9-4-1-2-7-19-9/h1-7,12,20H,8H2. The second-order valence-electron chi connectivity index (χ2n) is 4.25. The van der Waals surface area contributed by atoms with Crippen LogP contribution in [0.15, 0.2) is 42.6 Å². The summed E-state index contributed by atoms with van der Waals surface area (Å²) in [5, 5.41) is 9.90. The summed E-state index contributed by atoms with van der Waals surface area (Å²) in [5.41, 5.74) is -1.29. The Balaban J connectivity index is 2.29. The van der Waals surface area contributed by atoms with E-state index < -0.39 is 23.7 Å². The van der Waals surface area contributed by atoms with Gasteiger partial charge in [-0.05, 0) is 18.2 Å². The molecule has 0 bridgehead atoms. The summed E-state index contributed by atoms with van der Waals surface area (Å²) in [6.45, 7) is 0. The maximum absolute atomic E-state index is 13.8. The van der Waals surface area contributed by atoms with Crippen molar-refractivity contribution in [2.24, 2.45) is 0 Å². The zero-order chi connectivity index (χ0) is 14.8. The van der Waals surface area contributed by atoms with E-state index in [9.17, 15) is 22.7 Å². The number of benzene rings is 1. The Hall–Kier alpha value is -1.95. The average molecular weight is 285 g/mol. The monoisotopic (exact) mass is 285 g/mol. The predicted molar refractivity (Wildman–Crippen MR) is 64.3 cm³/mol. The van der Waals surface area contributed by atoms with Gasteiger partial charge < -0.3 is 5.11 Å². The smallest absolute Gasteiger partial charge is 0.388 e. The van der Waals surface area contributed by atoms with E-state index in [4.69, 9.17) is 0 Å². The summed E-state index contributed by atoms with van der Waals surface area (Å²) in [6, 6.07) is 7.81. The number of hydrogen-bond acceptors (Lipinski definition) is 2. The maximum atomic E-state index is 13.8. The van der Waals surface area contributed by atoms with Crippen LogP contribution in [0.3, 0.4) is 0 Å². The van der Waals surface area contributed by atoms with E-state index in [0.29, 0.717) is 11.8 Å². The fraction of sp³-hybridized carbons (Fsp3) is 0.214. The lowest BCUT2D eigenvalue weighted by molar-refractivity contribution is -0.140. The average Bonchev–Trinajstić information content (AvgIpc) is 2.38. The fourth-order valence-corrected chi connectivity index (χ4v) is 1.85. The molecular formula is C14H11F4NO. The highest BCUT2D eigenvalue weighted by atomic mass is 19.4. The lowest BCUT2D eigenvalue weighted by Crippen LogP contribution is -2.13. The number of alkyl halides is 3. The van der Waals surface area contributed by atoms with Gasteiger partial charge in [0.05, 0.1) is 11.7 Å². The van der Waals surface area contributed by atoms with Crippen LogP contribution in [0.4, 0.5) is 17.6 Å². The zero-order valence-corrected chi connectivity index (χ0v) is 10.2. The minimum atomic E-state index is -4.79. The normalized spacial score (nSPS) is 13.2. The first-order valence-corrected chi connectivity index (χ1v) is 5.83. The quantitative estimate of drug-likeness (QED) is 0.875. The Morgan fingerprint density at radius 3 is 2.45 bits per heavy atom. The molecule has 2 nitrogen and oxygen atoms in total. The maximum Gasteiger partial charge on any atom is 0.419 e. The van der Waals surface area contributed by atoms with E-state index >= 15 is 0 Å². The van der Waals surface area contributed by atoms with Crippen LogP contribution in [-0.4, -0.2) is 10.1 Å². The van der Waals surface area contributed by atoms with E-state index in [2.05, 4.69) is 4.98 Å². The van der Waals surface area contributed by atoms with Crippen LogP contribution >= 0.6 is 0 Å². The summed E-state index contributed by atoms with van der Waals surface area (Å²) in [7, 11) is 0. The molecule has 1 aromatic carbocycles. The van der Waals surface area contributed by atoms with Gasteiger partial charge in [0.2, 0.25) is 0 Å². The first kappa shape index (κ1) is 14.5. The highest BCUT2D eigenvalue weighted by Gasteiger charge is 2.35. The molecule has 0 saturated carbocycles. The number of aliphatic hydroxyl groups excluding tert-OH is 1. The van der Waals surface area contributed by atoms with Gasteiger partial charge in [0, 0.05) is 23.9 Å². The summed E-state index contributed by atoms with van der Waals surface area (Å²) >= 11 is 0. The van der Waals surface area contributed by atoms with Crippen LogP contribution in [0.1, 0.15) is 22.9 Å². The molecule has 2 aromatic rings. The van der Waals surface area contributed by atoms with Crippen molar-refractivity contribution in [1.29, 1.82) is 0 Å². The Morgan fingerprint density at radius 1 is 1.10 bits per heavy atom. The van der Waals surface area contributed by atoms with Crippen molar-refractivity contribution in [1.82, 2.24) is 4.98 Å². The molecule has 0 aliphatic rings. The molecular weight excluding hydrogens is 274 g/mol. The molecule has 20 heavy (non-hydrogen) atoms. The molecule has 6 heteroatoms. The number of aromatic nitrogens is 1. The van der Waals surface area contributed by atoms with Crippen molar-refractivity contribution < 1.29 is 22.7 Å². The Labute approximate surface area is 112 Å². The lowest BCUT2D eigenvalue weighted by Gasteiger charge is -2.15. The van der Waals surface area contributed by atoms with E-state index in [1.165, 1.54) is 6.20 Å². The Kier molecular flexibility index (Phi) is 4.04. The van der Waals surface area contributed by atoms with E-state index in [-0.39, 0.29) is 12.0 Å². The van der Waals surface area contributed by atoms with Gasteiger partial charge in [-0.25, -0.2) is 4.39 Å². The van der Waals surface area contributed by atoms with Gasteiger partial charge in [0.1, 0.15) is 5.82 Å². The molecule has 0 saturated heterocycles. The van der Waals surface area contributed by atoms with Crippen molar-refractivity contribution >= 4 is 0 Å². The van der Waals surface area contributed by atoms with E-state index in [1.807, 2.05) is 0 Å². The predicted octanol–water partition coefficient (Wildman–Crippen LogP) is 3.52. The van der Waals surface area contributed by atoms with Gasteiger partial charge in [-0.1, -0.05) is 18.2 Å². The van der Waals surface area contributed by atoms with Gasteiger partial charge in [-0.2, -0.15) is 13.2 Å². The van der Waals surface area contributed by atoms with Crippen molar-refractivity contribution in [2.45, 2.75) is 18.7 Å². The second kappa shape index (κ2) is 5.58. The topological polar surface area (TPSA) is 33.1 Å². The van der Waals surface area contributed by atoms with E-state index in [1.54, 1.807) is 18.2 Å². The molecule has 2 rings (SSSR count). The van der Waals surface area contributed by atoms with Crippen molar-refractivity contribution in [2.75, 3.05) is 0 Å². The summed E-state index contributed by atoms with van der Waals surface area (Å²) in [4.78, 5) is 3.94. The molecule has 0 spiro atoms.